The number of rotatable bonds is 4. The van der Waals surface area contributed by atoms with Gasteiger partial charge in [-0.1, -0.05) is 85.7 Å². The molecule has 11 heteroatoms. The quantitative estimate of drug-likeness (QED) is 0.150. The molecule has 0 radical (unpaired) electrons. The van der Waals surface area contributed by atoms with Crippen molar-refractivity contribution in [2.24, 2.45) is 0 Å². The molecule has 0 spiro atoms. The molecule has 1 saturated heterocycles. The van der Waals surface area contributed by atoms with E-state index >= 15 is 0 Å². The number of nitrogens with zero attached hydrogens (tertiary/aromatic N) is 1. The van der Waals surface area contributed by atoms with Crippen LogP contribution in [-0.4, -0.2) is 50.9 Å². The summed E-state index contributed by atoms with van der Waals surface area (Å²) < 4.78 is 3.88. The number of halogens is 7. The first-order valence-corrected chi connectivity index (χ1v) is 12.4. The summed E-state index contributed by atoms with van der Waals surface area (Å²) in [4.78, 5) is 2.38. The maximum atomic E-state index is 9.20. The third-order valence-electron chi connectivity index (χ3n) is 3.45. The lowest BCUT2D eigenvalue weighted by molar-refractivity contribution is 0.240. The largest absolute Gasteiger partial charge is 0.505 e. The van der Waals surface area contributed by atoms with Crippen LogP contribution < -0.4 is 0 Å². The summed E-state index contributed by atoms with van der Waals surface area (Å²) in [6.07, 6.45) is 1.24. The normalized spacial score (nSPS) is 14.8. The highest BCUT2D eigenvalue weighted by Crippen LogP contribution is 2.47. The van der Waals surface area contributed by atoms with Gasteiger partial charge >= 0.3 is 0 Å². The Labute approximate surface area is 216 Å². The van der Waals surface area contributed by atoms with Gasteiger partial charge in [-0.25, -0.2) is 0 Å². The first-order chi connectivity index (χ1) is 13.3. The molecule has 1 aliphatic heterocycles. The van der Waals surface area contributed by atoms with Crippen molar-refractivity contribution in [3.8, 4) is 5.75 Å². The molecule has 2 N–H and O–H groups in total. The lowest BCUT2D eigenvalue weighted by Gasteiger charge is -2.13. The number of aliphatic hydroxyl groups is 1. The summed E-state index contributed by atoms with van der Waals surface area (Å²) in [5.74, 6) is -0.363. The summed E-state index contributed by atoms with van der Waals surface area (Å²) in [5, 5.41) is 17.7. The first kappa shape index (κ1) is 32.5. The first-order valence-electron chi connectivity index (χ1n) is 8.91. The standard InChI is InChI=1S/C6HCl5O.C6H15N.C3H6Br2O.C3H6O/c7-1-2(8)4(10)6(12)5(11)3(1)9;1-4-7(5-2)6-3;1-2-3(4,5)6;1-3-2-4-3/h12H;4-6H2,1-3H3;6H,2H2,1H3;3H,2H2,1H3. The van der Waals surface area contributed by atoms with Gasteiger partial charge in [0.1, 0.15) is 10.0 Å². The minimum Gasteiger partial charge on any atom is -0.505 e. The summed E-state index contributed by atoms with van der Waals surface area (Å²) in [5.41, 5.74) is 0. The molecule has 1 heterocycles. The van der Waals surface area contributed by atoms with Gasteiger partial charge in [-0.2, -0.15) is 0 Å². The lowest BCUT2D eigenvalue weighted by atomic mass is 10.3. The molecule has 29 heavy (non-hydrogen) atoms. The van der Waals surface area contributed by atoms with Gasteiger partial charge in [0.05, 0.1) is 27.8 Å². The number of phenols is 1. The monoisotopic (exact) mass is 639 g/mol. The van der Waals surface area contributed by atoms with E-state index in [1.165, 1.54) is 19.6 Å². The van der Waals surface area contributed by atoms with Crippen LogP contribution in [0.3, 0.4) is 0 Å². The van der Waals surface area contributed by atoms with Crippen molar-refractivity contribution in [1.82, 2.24) is 4.90 Å². The zero-order valence-electron chi connectivity index (χ0n) is 17.0. The predicted molar refractivity (Wildman–Crippen MR) is 135 cm³/mol. The van der Waals surface area contributed by atoms with E-state index in [4.69, 9.17) is 67.8 Å². The van der Waals surface area contributed by atoms with E-state index in [1.807, 2.05) is 6.92 Å². The van der Waals surface area contributed by atoms with E-state index in [2.05, 4.69) is 64.5 Å². The smallest absolute Gasteiger partial charge is 0.174 e. The van der Waals surface area contributed by atoms with Crippen molar-refractivity contribution in [2.75, 3.05) is 26.2 Å². The Balaban J connectivity index is 0. The summed E-state index contributed by atoms with van der Waals surface area (Å²) in [6.45, 7) is 15.0. The van der Waals surface area contributed by atoms with Crippen LogP contribution in [0.25, 0.3) is 0 Å². The number of hydrogen-bond acceptors (Lipinski definition) is 4. The minimum atomic E-state index is -0.833. The summed E-state index contributed by atoms with van der Waals surface area (Å²) >= 11 is 33.8. The molecule has 1 unspecified atom stereocenters. The van der Waals surface area contributed by atoms with Crippen LogP contribution in [-0.2, 0) is 4.74 Å². The van der Waals surface area contributed by atoms with Crippen molar-refractivity contribution in [3.05, 3.63) is 25.1 Å². The van der Waals surface area contributed by atoms with Crippen molar-refractivity contribution < 1.29 is 14.9 Å². The number of hydrogen-bond donors (Lipinski definition) is 2. The molecule has 0 amide bonds. The number of benzene rings is 1. The number of ether oxygens (including phenoxy) is 1. The van der Waals surface area contributed by atoms with Crippen molar-refractivity contribution >= 4 is 89.9 Å². The third-order valence-corrected chi connectivity index (χ3v) is 6.83. The van der Waals surface area contributed by atoms with Crippen LogP contribution in [0.15, 0.2) is 0 Å². The summed E-state index contributed by atoms with van der Waals surface area (Å²) in [7, 11) is 0. The second kappa shape index (κ2) is 16.9. The Morgan fingerprint density at radius 1 is 0.897 bits per heavy atom. The molecule has 1 aromatic rings. The Bertz CT molecular complexity index is 485. The molecule has 1 fully saturated rings. The minimum absolute atomic E-state index is 0.00904. The average molecular weight is 643 g/mol. The molecule has 2 rings (SSSR count). The topological polar surface area (TPSA) is 56.2 Å². The maximum Gasteiger partial charge on any atom is 0.174 e. The fourth-order valence-corrected chi connectivity index (χ4v) is 2.49. The van der Waals surface area contributed by atoms with E-state index in [1.54, 1.807) is 0 Å². The molecule has 0 aromatic heterocycles. The van der Waals surface area contributed by atoms with Crippen LogP contribution in [0.4, 0.5) is 0 Å². The van der Waals surface area contributed by atoms with Crippen LogP contribution in [0.5, 0.6) is 5.75 Å². The van der Waals surface area contributed by atoms with Crippen LogP contribution in [0.2, 0.25) is 25.1 Å². The second-order valence-electron chi connectivity index (χ2n) is 5.70. The van der Waals surface area contributed by atoms with Crippen LogP contribution in [0.1, 0.15) is 41.0 Å². The van der Waals surface area contributed by atoms with Gasteiger partial charge in [-0.05, 0) is 64.8 Å². The van der Waals surface area contributed by atoms with Gasteiger partial charge in [-0.3, -0.25) is 0 Å². The fourth-order valence-electron chi connectivity index (χ4n) is 1.36. The SMILES string of the molecule is CC1CO1.CCC(O)(Br)Br.CCN(CC)CC.Oc1c(Cl)c(Cl)c(Cl)c(Cl)c1Cl. The van der Waals surface area contributed by atoms with E-state index in [0.717, 1.165) is 6.61 Å². The molecular formula is C18H28Br2Cl5NO3. The maximum absolute atomic E-state index is 9.20. The Morgan fingerprint density at radius 3 is 1.28 bits per heavy atom. The number of phenolic OH excluding ortho intramolecular Hbond substituents is 1. The lowest BCUT2D eigenvalue weighted by Crippen LogP contribution is -2.21. The third kappa shape index (κ3) is 15.7. The van der Waals surface area contributed by atoms with Gasteiger partial charge in [-0.15, -0.1) is 0 Å². The van der Waals surface area contributed by atoms with Gasteiger partial charge in [0.25, 0.3) is 0 Å². The molecule has 0 bridgehead atoms. The van der Waals surface area contributed by atoms with E-state index in [-0.39, 0.29) is 30.9 Å². The van der Waals surface area contributed by atoms with Crippen molar-refractivity contribution in [1.29, 1.82) is 0 Å². The highest BCUT2D eigenvalue weighted by atomic mass is 79.9. The van der Waals surface area contributed by atoms with E-state index in [9.17, 15) is 5.11 Å². The molecule has 1 aromatic carbocycles. The molecule has 1 atom stereocenters. The molecule has 0 saturated carbocycles. The molecular weight excluding hydrogens is 615 g/mol. The predicted octanol–water partition coefficient (Wildman–Crippen LogP) is 8.24. The molecule has 172 valence electrons. The van der Waals surface area contributed by atoms with Crippen LogP contribution in [0, 0.1) is 0 Å². The van der Waals surface area contributed by atoms with E-state index < -0.39 is 3.42 Å². The van der Waals surface area contributed by atoms with Gasteiger partial charge in [0, 0.05) is 0 Å². The van der Waals surface area contributed by atoms with Gasteiger partial charge < -0.3 is 19.8 Å². The molecule has 4 nitrogen and oxygen atoms in total. The Kier molecular flexibility index (Phi) is 18.9. The Morgan fingerprint density at radius 2 is 1.14 bits per heavy atom. The number of epoxide rings is 1. The van der Waals surface area contributed by atoms with Gasteiger partial charge in [0.15, 0.2) is 9.17 Å². The highest BCUT2D eigenvalue weighted by molar-refractivity contribution is 9.25. The van der Waals surface area contributed by atoms with Gasteiger partial charge in [0.2, 0.25) is 0 Å². The van der Waals surface area contributed by atoms with Crippen LogP contribution >= 0.6 is 89.9 Å². The number of aromatic hydroxyl groups is 1. The molecule has 0 aliphatic carbocycles. The van der Waals surface area contributed by atoms with E-state index in [0.29, 0.717) is 12.5 Å². The molecule has 1 aliphatic rings. The second-order valence-corrected chi connectivity index (χ2v) is 11.3. The Hall–Kier alpha value is 1.31. The fraction of sp³-hybridized carbons (Fsp3) is 0.667. The summed E-state index contributed by atoms with van der Waals surface area (Å²) in [6, 6.07) is 0. The average Bonchev–Trinajstić information content (AvgIpc) is 3.47. The van der Waals surface area contributed by atoms with Crippen molar-refractivity contribution in [3.63, 3.8) is 0 Å². The number of alkyl halides is 2. The zero-order valence-corrected chi connectivity index (χ0v) is 24.0. The highest BCUT2D eigenvalue weighted by Gasteiger charge is 2.18. The zero-order chi connectivity index (χ0) is 23.4. The van der Waals surface area contributed by atoms with Crippen molar-refractivity contribution in [2.45, 2.75) is 50.6 Å².